The van der Waals surface area contributed by atoms with Gasteiger partial charge < -0.3 is 15.0 Å². The largest absolute Gasteiger partial charge is 0.494 e. The summed E-state index contributed by atoms with van der Waals surface area (Å²) in [5, 5.41) is 10.9. The average molecular weight is 302 g/mol. The normalized spacial score (nSPS) is 14.4. The van der Waals surface area contributed by atoms with E-state index in [9.17, 15) is 9.18 Å². The van der Waals surface area contributed by atoms with Gasteiger partial charge in [0.15, 0.2) is 11.6 Å². The highest BCUT2D eigenvalue weighted by Crippen LogP contribution is 2.21. The predicted octanol–water partition coefficient (Wildman–Crippen LogP) is 1.56. The number of rotatable bonds is 4. The Labute approximate surface area is 126 Å². The summed E-state index contributed by atoms with van der Waals surface area (Å²) in [6, 6.07) is 7.95. The Kier molecular flexibility index (Phi) is 3.86. The van der Waals surface area contributed by atoms with Crippen LogP contribution in [0.4, 0.5) is 10.2 Å². The Hall–Kier alpha value is -2.70. The molecule has 1 aliphatic rings. The molecule has 0 spiro atoms. The van der Waals surface area contributed by atoms with Crippen molar-refractivity contribution in [3.8, 4) is 5.75 Å². The van der Waals surface area contributed by atoms with Crippen LogP contribution in [0.25, 0.3) is 0 Å². The van der Waals surface area contributed by atoms with Crippen molar-refractivity contribution >= 4 is 11.7 Å². The summed E-state index contributed by atoms with van der Waals surface area (Å²) in [5.41, 5.74) is 0.316. The second-order valence-electron chi connectivity index (χ2n) is 5.01. The van der Waals surface area contributed by atoms with Gasteiger partial charge in [-0.05, 0) is 30.3 Å². The SMILES string of the molecule is COc1ccc(C(=O)N2CC(Nc3cccnn3)C2)cc1F. The first-order chi connectivity index (χ1) is 10.7. The van der Waals surface area contributed by atoms with E-state index in [0.717, 1.165) is 0 Å². The van der Waals surface area contributed by atoms with Crippen LogP contribution in [0, 0.1) is 5.82 Å². The van der Waals surface area contributed by atoms with Crippen LogP contribution in [0.5, 0.6) is 5.75 Å². The minimum absolute atomic E-state index is 0.127. The Balaban J connectivity index is 1.58. The van der Waals surface area contributed by atoms with Gasteiger partial charge in [-0.3, -0.25) is 4.79 Å². The molecule has 3 rings (SSSR count). The number of anilines is 1. The Morgan fingerprint density at radius 2 is 2.23 bits per heavy atom. The van der Waals surface area contributed by atoms with Crippen molar-refractivity contribution in [3.05, 3.63) is 47.9 Å². The van der Waals surface area contributed by atoms with Crippen molar-refractivity contribution in [2.24, 2.45) is 0 Å². The summed E-state index contributed by atoms with van der Waals surface area (Å²) in [6.07, 6.45) is 1.60. The topological polar surface area (TPSA) is 67.3 Å². The van der Waals surface area contributed by atoms with Gasteiger partial charge >= 0.3 is 0 Å². The van der Waals surface area contributed by atoms with Crippen molar-refractivity contribution in [3.63, 3.8) is 0 Å². The fourth-order valence-electron chi connectivity index (χ4n) is 2.31. The van der Waals surface area contributed by atoms with E-state index in [2.05, 4.69) is 15.5 Å². The molecule has 0 radical (unpaired) electrons. The van der Waals surface area contributed by atoms with Crippen LogP contribution < -0.4 is 10.1 Å². The number of ether oxygens (including phenoxy) is 1. The zero-order valence-corrected chi connectivity index (χ0v) is 12.0. The molecule has 0 saturated carbocycles. The van der Waals surface area contributed by atoms with Gasteiger partial charge in [-0.25, -0.2) is 4.39 Å². The Bertz CT molecular complexity index is 674. The number of carbonyl (C=O) groups excluding carboxylic acids is 1. The van der Waals surface area contributed by atoms with Crippen molar-refractivity contribution in [2.45, 2.75) is 6.04 Å². The van der Waals surface area contributed by atoms with Crippen molar-refractivity contribution in [2.75, 3.05) is 25.5 Å². The molecule has 1 amide bonds. The van der Waals surface area contributed by atoms with E-state index in [1.165, 1.54) is 19.2 Å². The second-order valence-corrected chi connectivity index (χ2v) is 5.01. The number of hydrogen-bond donors (Lipinski definition) is 1. The summed E-state index contributed by atoms with van der Waals surface area (Å²) in [5.74, 6) is 0.0688. The summed E-state index contributed by atoms with van der Waals surface area (Å²) in [7, 11) is 1.39. The zero-order chi connectivity index (χ0) is 15.5. The van der Waals surface area contributed by atoms with Gasteiger partial charge in [0.25, 0.3) is 5.91 Å². The molecule has 0 unspecified atom stereocenters. The van der Waals surface area contributed by atoms with Crippen molar-refractivity contribution < 1.29 is 13.9 Å². The third-order valence-electron chi connectivity index (χ3n) is 3.49. The molecule has 0 atom stereocenters. The molecule has 7 heteroatoms. The van der Waals surface area contributed by atoms with E-state index in [4.69, 9.17) is 4.74 Å². The van der Waals surface area contributed by atoms with Crippen LogP contribution >= 0.6 is 0 Å². The molecule has 1 saturated heterocycles. The Morgan fingerprint density at radius 3 is 2.86 bits per heavy atom. The van der Waals surface area contributed by atoms with Crippen LogP contribution in [-0.2, 0) is 0 Å². The van der Waals surface area contributed by atoms with Crippen LogP contribution in [-0.4, -0.2) is 47.2 Å². The van der Waals surface area contributed by atoms with E-state index in [1.807, 2.05) is 6.07 Å². The molecule has 1 aromatic heterocycles. The average Bonchev–Trinajstić information content (AvgIpc) is 2.51. The lowest BCUT2D eigenvalue weighted by molar-refractivity contribution is 0.0624. The molecule has 6 nitrogen and oxygen atoms in total. The molecule has 0 bridgehead atoms. The molecule has 1 aliphatic heterocycles. The molecule has 1 N–H and O–H groups in total. The van der Waals surface area contributed by atoms with Gasteiger partial charge in [-0.1, -0.05) is 0 Å². The lowest BCUT2D eigenvalue weighted by Crippen LogP contribution is -2.57. The fraction of sp³-hybridized carbons (Fsp3) is 0.267. The highest BCUT2D eigenvalue weighted by atomic mass is 19.1. The number of halogens is 1. The quantitative estimate of drug-likeness (QED) is 0.928. The van der Waals surface area contributed by atoms with Gasteiger partial charge in [-0.2, -0.15) is 5.10 Å². The van der Waals surface area contributed by atoms with Gasteiger partial charge in [-0.15, -0.1) is 5.10 Å². The number of aromatic nitrogens is 2. The lowest BCUT2D eigenvalue weighted by Gasteiger charge is -2.39. The van der Waals surface area contributed by atoms with Gasteiger partial charge in [0.1, 0.15) is 5.82 Å². The maximum atomic E-state index is 13.6. The van der Waals surface area contributed by atoms with Crippen molar-refractivity contribution in [1.82, 2.24) is 15.1 Å². The van der Waals surface area contributed by atoms with E-state index in [-0.39, 0.29) is 17.7 Å². The molecular formula is C15H15FN4O2. The zero-order valence-electron chi connectivity index (χ0n) is 12.0. The van der Waals surface area contributed by atoms with E-state index in [0.29, 0.717) is 24.5 Å². The lowest BCUT2D eigenvalue weighted by atomic mass is 10.1. The first-order valence-corrected chi connectivity index (χ1v) is 6.84. The summed E-state index contributed by atoms with van der Waals surface area (Å²) >= 11 is 0. The van der Waals surface area contributed by atoms with Gasteiger partial charge in [0.05, 0.1) is 13.2 Å². The van der Waals surface area contributed by atoms with E-state index in [1.54, 1.807) is 23.2 Å². The first-order valence-electron chi connectivity index (χ1n) is 6.84. The van der Waals surface area contributed by atoms with Crippen LogP contribution in [0.15, 0.2) is 36.5 Å². The maximum Gasteiger partial charge on any atom is 0.254 e. The number of hydrogen-bond acceptors (Lipinski definition) is 5. The summed E-state index contributed by atoms with van der Waals surface area (Å²) in [4.78, 5) is 13.9. The number of carbonyl (C=O) groups is 1. The standard InChI is InChI=1S/C15H15FN4O2/c1-22-13-5-4-10(7-12(13)16)15(21)20-8-11(9-20)18-14-3-2-6-17-19-14/h2-7,11H,8-9H2,1H3,(H,18,19). The Morgan fingerprint density at radius 1 is 1.41 bits per heavy atom. The molecule has 22 heavy (non-hydrogen) atoms. The van der Waals surface area contributed by atoms with E-state index >= 15 is 0 Å². The highest BCUT2D eigenvalue weighted by Gasteiger charge is 2.31. The molecule has 114 valence electrons. The summed E-state index contributed by atoms with van der Waals surface area (Å²) < 4.78 is 18.5. The number of likely N-dealkylation sites (tertiary alicyclic amines) is 1. The molecule has 1 fully saturated rings. The molecule has 1 aromatic carbocycles. The minimum atomic E-state index is -0.539. The van der Waals surface area contributed by atoms with E-state index < -0.39 is 5.82 Å². The number of nitrogens with one attached hydrogen (secondary N) is 1. The third kappa shape index (κ3) is 2.83. The maximum absolute atomic E-state index is 13.6. The monoisotopic (exact) mass is 302 g/mol. The van der Waals surface area contributed by atoms with Crippen LogP contribution in [0.3, 0.4) is 0 Å². The van der Waals surface area contributed by atoms with Crippen molar-refractivity contribution in [1.29, 1.82) is 0 Å². The van der Waals surface area contributed by atoms with Gasteiger partial charge in [0, 0.05) is 24.8 Å². The predicted molar refractivity (Wildman–Crippen MR) is 78.3 cm³/mol. The summed E-state index contributed by atoms with van der Waals surface area (Å²) in [6.45, 7) is 1.09. The molecule has 2 heterocycles. The first kappa shape index (κ1) is 14.2. The van der Waals surface area contributed by atoms with Crippen LogP contribution in [0.1, 0.15) is 10.4 Å². The number of amides is 1. The molecule has 2 aromatic rings. The van der Waals surface area contributed by atoms with Gasteiger partial charge in [0.2, 0.25) is 0 Å². The minimum Gasteiger partial charge on any atom is -0.494 e. The van der Waals surface area contributed by atoms with Crippen LogP contribution in [0.2, 0.25) is 0 Å². The third-order valence-corrected chi connectivity index (χ3v) is 3.49. The number of nitrogens with zero attached hydrogens (tertiary/aromatic N) is 3. The number of benzene rings is 1. The highest BCUT2D eigenvalue weighted by molar-refractivity contribution is 5.95. The molecular weight excluding hydrogens is 287 g/mol. The second kappa shape index (κ2) is 5.97. The smallest absolute Gasteiger partial charge is 0.254 e. The molecule has 0 aliphatic carbocycles. The number of methoxy groups -OCH3 is 1. The fourth-order valence-corrected chi connectivity index (χ4v) is 2.31.